The van der Waals surface area contributed by atoms with Gasteiger partial charge in [0.15, 0.2) is 0 Å². The van der Waals surface area contributed by atoms with Crippen molar-refractivity contribution in [2.24, 2.45) is 11.8 Å². The van der Waals surface area contributed by atoms with E-state index < -0.39 is 0 Å². The Labute approximate surface area is 99.5 Å². The van der Waals surface area contributed by atoms with Gasteiger partial charge in [-0.15, -0.1) is 0 Å². The molecule has 92 valence electrons. The maximum atomic E-state index is 11.2. The lowest BCUT2D eigenvalue weighted by molar-refractivity contribution is -0.117. The molecule has 1 saturated carbocycles. The van der Waals surface area contributed by atoms with Gasteiger partial charge in [-0.1, -0.05) is 33.3 Å². The Balaban J connectivity index is 2.33. The van der Waals surface area contributed by atoms with Crippen molar-refractivity contribution in [2.45, 2.75) is 58.4 Å². The van der Waals surface area contributed by atoms with Crippen molar-refractivity contribution in [3.05, 3.63) is 12.7 Å². The van der Waals surface area contributed by atoms with Crippen LogP contribution in [0, 0.1) is 11.8 Å². The molecule has 1 N–H and O–H groups in total. The minimum Gasteiger partial charge on any atom is -0.350 e. The van der Waals surface area contributed by atoms with Crippen molar-refractivity contribution >= 4 is 5.91 Å². The van der Waals surface area contributed by atoms with Crippen molar-refractivity contribution < 1.29 is 4.79 Å². The van der Waals surface area contributed by atoms with E-state index in [-0.39, 0.29) is 5.91 Å². The molecule has 0 aromatic rings. The molecule has 16 heavy (non-hydrogen) atoms. The van der Waals surface area contributed by atoms with Gasteiger partial charge in [0.2, 0.25) is 5.91 Å². The first kappa shape index (κ1) is 13.3. The average molecular weight is 223 g/mol. The van der Waals surface area contributed by atoms with Crippen LogP contribution in [-0.2, 0) is 4.79 Å². The molecule has 0 unspecified atom stereocenters. The number of rotatable bonds is 5. The van der Waals surface area contributed by atoms with Crippen LogP contribution in [0.2, 0.25) is 0 Å². The van der Waals surface area contributed by atoms with Gasteiger partial charge in [-0.05, 0) is 43.6 Å². The summed E-state index contributed by atoms with van der Waals surface area (Å²) in [4.78, 5) is 11.2. The minimum atomic E-state index is -0.0222. The van der Waals surface area contributed by atoms with Crippen LogP contribution < -0.4 is 5.32 Å². The number of carbonyl (C=O) groups is 1. The molecular weight excluding hydrogens is 198 g/mol. The summed E-state index contributed by atoms with van der Waals surface area (Å²) >= 11 is 0. The number of nitrogens with one attached hydrogen (secondary N) is 1. The first-order valence-corrected chi connectivity index (χ1v) is 6.64. The first-order chi connectivity index (χ1) is 7.71. The summed E-state index contributed by atoms with van der Waals surface area (Å²) in [6.45, 7) is 8.07. The summed E-state index contributed by atoms with van der Waals surface area (Å²) in [5.41, 5.74) is 0. The van der Waals surface area contributed by atoms with Crippen LogP contribution in [-0.4, -0.2) is 11.9 Å². The molecular formula is C14H25NO. The van der Waals surface area contributed by atoms with Crippen molar-refractivity contribution in [2.75, 3.05) is 0 Å². The van der Waals surface area contributed by atoms with E-state index in [4.69, 9.17) is 0 Å². The summed E-state index contributed by atoms with van der Waals surface area (Å²) in [5.74, 6) is 1.74. The molecule has 0 saturated heterocycles. The van der Waals surface area contributed by atoms with Gasteiger partial charge in [0.05, 0.1) is 0 Å². The Bertz CT molecular complexity index is 225. The standard InChI is InChI=1S/C14H25NO/c1-4-11(5-2)12-7-9-13(10-8-12)15-14(16)6-3/h6,11-13H,3-5,7-10H2,1-2H3,(H,15,16). The zero-order valence-corrected chi connectivity index (χ0v) is 10.7. The zero-order chi connectivity index (χ0) is 12.0. The zero-order valence-electron chi connectivity index (χ0n) is 10.7. The Morgan fingerprint density at radius 3 is 2.31 bits per heavy atom. The molecule has 1 rings (SSSR count). The van der Waals surface area contributed by atoms with E-state index in [1.165, 1.54) is 31.8 Å². The van der Waals surface area contributed by atoms with Crippen LogP contribution in [0.1, 0.15) is 52.4 Å². The second-order valence-electron chi connectivity index (χ2n) is 4.90. The number of carbonyl (C=O) groups excluding carboxylic acids is 1. The molecule has 0 aromatic carbocycles. The van der Waals surface area contributed by atoms with Gasteiger partial charge >= 0.3 is 0 Å². The van der Waals surface area contributed by atoms with Gasteiger partial charge in [-0.2, -0.15) is 0 Å². The third-order valence-electron chi connectivity index (χ3n) is 4.02. The molecule has 0 aromatic heterocycles. The highest BCUT2D eigenvalue weighted by molar-refractivity contribution is 5.87. The van der Waals surface area contributed by atoms with Gasteiger partial charge in [-0.3, -0.25) is 4.79 Å². The van der Waals surface area contributed by atoms with Crippen LogP contribution in [0.4, 0.5) is 0 Å². The first-order valence-electron chi connectivity index (χ1n) is 6.64. The van der Waals surface area contributed by atoms with Gasteiger partial charge in [0.25, 0.3) is 0 Å². The molecule has 2 heteroatoms. The monoisotopic (exact) mass is 223 g/mol. The minimum absolute atomic E-state index is 0.0222. The number of amides is 1. The summed E-state index contributed by atoms with van der Waals surface area (Å²) in [5, 5.41) is 3.01. The van der Waals surface area contributed by atoms with Crippen LogP contribution in [0.5, 0.6) is 0 Å². The van der Waals surface area contributed by atoms with Crippen LogP contribution in [0.25, 0.3) is 0 Å². The lowest BCUT2D eigenvalue weighted by Crippen LogP contribution is -2.37. The smallest absolute Gasteiger partial charge is 0.243 e. The van der Waals surface area contributed by atoms with Gasteiger partial charge in [0, 0.05) is 6.04 Å². The highest BCUT2D eigenvalue weighted by atomic mass is 16.1. The van der Waals surface area contributed by atoms with Gasteiger partial charge in [-0.25, -0.2) is 0 Å². The van der Waals surface area contributed by atoms with E-state index in [1.54, 1.807) is 0 Å². The fourth-order valence-corrected chi connectivity index (χ4v) is 2.95. The predicted octanol–water partition coefficient (Wildman–Crippen LogP) is 3.28. The van der Waals surface area contributed by atoms with E-state index >= 15 is 0 Å². The second kappa shape index (κ2) is 6.72. The lowest BCUT2D eigenvalue weighted by atomic mass is 9.76. The molecule has 0 heterocycles. The summed E-state index contributed by atoms with van der Waals surface area (Å²) in [7, 11) is 0. The highest BCUT2D eigenvalue weighted by Crippen LogP contribution is 2.33. The molecule has 2 nitrogen and oxygen atoms in total. The Morgan fingerprint density at radius 2 is 1.88 bits per heavy atom. The van der Waals surface area contributed by atoms with Crippen LogP contribution in [0.15, 0.2) is 12.7 Å². The van der Waals surface area contributed by atoms with E-state index in [9.17, 15) is 4.79 Å². The second-order valence-corrected chi connectivity index (χ2v) is 4.90. The molecule has 1 amide bonds. The Hall–Kier alpha value is -0.790. The maximum absolute atomic E-state index is 11.2. The fraction of sp³-hybridized carbons (Fsp3) is 0.786. The SMILES string of the molecule is C=CC(=O)NC1CCC(C(CC)CC)CC1. The van der Waals surface area contributed by atoms with Crippen LogP contribution in [0.3, 0.4) is 0 Å². The van der Waals surface area contributed by atoms with Gasteiger partial charge in [0.1, 0.15) is 0 Å². The Morgan fingerprint density at radius 1 is 1.31 bits per heavy atom. The predicted molar refractivity (Wildman–Crippen MR) is 68.2 cm³/mol. The third kappa shape index (κ3) is 3.66. The topological polar surface area (TPSA) is 29.1 Å². The van der Waals surface area contributed by atoms with Crippen molar-refractivity contribution in [1.29, 1.82) is 0 Å². The van der Waals surface area contributed by atoms with Crippen molar-refractivity contribution in [3.8, 4) is 0 Å². The molecule has 1 aliphatic rings. The number of hydrogen-bond acceptors (Lipinski definition) is 1. The largest absolute Gasteiger partial charge is 0.350 e. The summed E-state index contributed by atoms with van der Waals surface area (Å²) < 4.78 is 0. The Kier molecular flexibility index (Phi) is 5.58. The highest BCUT2D eigenvalue weighted by Gasteiger charge is 2.25. The average Bonchev–Trinajstić information content (AvgIpc) is 2.32. The normalized spacial score (nSPS) is 25.4. The summed E-state index contributed by atoms with van der Waals surface area (Å²) in [6.07, 6.45) is 8.78. The molecule has 0 spiro atoms. The third-order valence-corrected chi connectivity index (χ3v) is 4.02. The van der Waals surface area contributed by atoms with Gasteiger partial charge < -0.3 is 5.32 Å². The van der Waals surface area contributed by atoms with E-state index in [0.29, 0.717) is 6.04 Å². The fourth-order valence-electron chi connectivity index (χ4n) is 2.95. The molecule has 0 bridgehead atoms. The van der Waals surface area contributed by atoms with Crippen molar-refractivity contribution in [3.63, 3.8) is 0 Å². The quantitative estimate of drug-likeness (QED) is 0.712. The van der Waals surface area contributed by atoms with E-state index in [2.05, 4.69) is 25.7 Å². The van der Waals surface area contributed by atoms with E-state index in [1.807, 2.05) is 0 Å². The molecule has 1 aliphatic carbocycles. The van der Waals surface area contributed by atoms with Crippen LogP contribution >= 0.6 is 0 Å². The molecule has 1 fully saturated rings. The maximum Gasteiger partial charge on any atom is 0.243 e. The molecule has 0 atom stereocenters. The number of hydrogen-bond donors (Lipinski definition) is 1. The van der Waals surface area contributed by atoms with Crippen molar-refractivity contribution in [1.82, 2.24) is 5.32 Å². The lowest BCUT2D eigenvalue weighted by Gasteiger charge is -2.33. The molecule has 0 aliphatic heterocycles. The molecule has 0 radical (unpaired) electrons. The summed E-state index contributed by atoms with van der Waals surface area (Å²) in [6, 6.07) is 0.385. The van der Waals surface area contributed by atoms with E-state index in [0.717, 1.165) is 24.7 Å².